The van der Waals surface area contributed by atoms with E-state index in [1.807, 2.05) is 18.7 Å². The van der Waals surface area contributed by atoms with Crippen molar-refractivity contribution in [1.29, 1.82) is 0 Å². The molecule has 2 fully saturated rings. The highest BCUT2D eigenvalue weighted by Gasteiger charge is 2.32. The van der Waals surface area contributed by atoms with Crippen LogP contribution >= 0.6 is 0 Å². The number of carbonyl (C=O) groups excluding carboxylic acids is 1. The summed E-state index contributed by atoms with van der Waals surface area (Å²) in [6.45, 7) is 7.06. The molecule has 5 nitrogen and oxygen atoms in total. The number of hydrogen-bond acceptors (Lipinski definition) is 2. The Hall–Kier alpha value is -1.52. The molecule has 3 rings (SSSR count). The molecule has 0 spiro atoms. The smallest absolute Gasteiger partial charge is 0.318 e. The lowest BCUT2D eigenvalue weighted by Crippen LogP contribution is -2.44. The van der Waals surface area contributed by atoms with Crippen molar-refractivity contribution in [3.05, 3.63) is 17.0 Å². The zero-order valence-corrected chi connectivity index (χ0v) is 16.3. The van der Waals surface area contributed by atoms with Gasteiger partial charge in [0.1, 0.15) is 0 Å². The quantitative estimate of drug-likeness (QED) is 0.886. The summed E-state index contributed by atoms with van der Waals surface area (Å²) in [5.41, 5.74) is 3.29. The number of amides is 2. The second-order valence-electron chi connectivity index (χ2n) is 8.11. The van der Waals surface area contributed by atoms with Crippen LogP contribution in [0.2, 0.25) is 0 Å². The summed E-state index contributed by atoms with van der Waals surface area (Å²) in [6.07, 6.45) is 10.4. The van der Waals surface area contributed by atoms with Crippen LogP contribution in [-0.4, -0.2) is 33.3 Å². The number of nitrogens with one attached hydrogen (secondary N) is 1. The molecule has 0 radical (unpaired) electrons. The Morgan fingerprint density at radius 3 is 2.56 bits per heavy atom. The molecule has 0 bridgehead atoms. The number of hydrogen-bond donors (Lipinski definition) is 1. The lowest BCUT2D eigenvalue weighted by Gasteiger charge is -2.31. The fourth-order valence-electron chi connectivity index (χ4n) is 4.91. The van der Waals surface area contributed by atoms with Gasteiger partial charge in [0.05, 0.1) is 11.7 Å². The van der Waals surface area contributed by atoms with E-state index in [1.165, 1.54) is 44.9 Å². The van der Waals surface area contributed by atoms with E-state index in [0.717, 1.165) is 35.8 Å². The van der Waals surface area contributed by atoms with Crippen molar-refractivity contribution in [2.24, 2.45) is 13.0 Å². The molecular weight excluding hydrogens is 312 g/mol. The fourth-order valence-corrected chi connectivity index (χ4v) is 4.91. The maximum absolute atomic E-state index is 12.9. The lowest BCUT2D eigenvalue weighted by molar-refractivity contribution is 0.175. The van der Waals surface area contributed by atoms with Crippen LogP contribution < -0.4 is 5.32 Å². The van der Waals surface area contributed by atoms with E-state index in [-0.39, 0.29) is 12.1 Å². The van der Waals surface area contributed by atoms with Gasteiger partial charge in [0.15, 0.2) is 0 Å². The molecule has 2 amide bonds. The van der Waals surface area contributed by atoms with Crippen LogP contribution in [0.15, 0.2) is 0 Å². The van der Waals surface area contributed by atoms with Gasteiger partial charge in [0.2, 0.25) is 0 Å². The maximum atomic E-state index is 12.9. The standard InChI is InChI=1S/C20H34N4O/c1-14(19-15(2)22-23(4)16(19)3)21-20(25)24-12-8-11-18(24)13-17-9-6-5-7-10-17/h14,17-18H,5-13H2,1-4H3,(H,21,25)/t14-,18-/m0/s1. The summed E-state index contributed by atoms with van der Waals surface area (Å²) in [6, 6.07) is 0.539. The highest BCUT2D eigenvalue weighted by molar-refractivity contribution is 5.75. The van der Waals surface area contributed by atoms with E-state index in [0.29, 0.717) is 6.04 Å². The molecule has 2 atom stereocenters. The molecule has 1 N–H and O–H groups in total. The first-order valence-corrected chi connectivity index (χ1v) is 10.0. The summed E-state index contributed by atoms with van der Waals surface area (Å²) in [7, 11) is 1.96. The molecule has 2 heterocycles. The van der Waals surface area contributed by atoms with Crippen LogP contribution in [0.1, 0.15) is 81.3 Å². The van der Waals surface area contributed by atoms with Gasteiger partial charge < -0.3 is 10.2 Å². The number of urea groups is 1. The van der Waals surface area contributed by atoms with Crippen LogP contribution in [0.3, 0.4) is 0 Å². The van der Waals surface area contributed by atoms with Crippen molar-refractivity contribution in [2.75, 3.05) is 6.54 Å². The molecule has 1 aliphatic heterocycles. The highest BCUT2D eigenvalue weighted by atomic mass is 16.2. The minimum atomic E-state index is -0.00266. The normalized spacial score (nSPS) is 23.0. The molecule has 1 saturated carbocycles. The summed E-state index contributed by atoms with van der Waals surface area (Å²) in [5.74, 6) is 0.826. The van der Waals surface area contributed by atoms with Gasteiger partial charge in [-0.05, 0) is 46.0 Å². The second-order valence-corrected chi connectivity index (χ2v) is 8.11. The Bertz CT molecular complexity index is 603. The molecular formula is C20H34N4O. The first-order chi connectivity index (χ1) is 12.0. The third-order valence-corrected chi connectivity index (χ3v) is 6.31. The van der Waals surface area contributed by atoms with Gasteiger partial charge >= 0.3 is 6.03 Å². The monoisotopic (exact) mass is 346 g/mol. The van der Waals surface area contributed by atoms with Crippen molar-refractivity contribution in [2.45, 2.75) is 84.2 Å². The summed E-state index contributed by atoms with van der Waals surface area (Å²) in [5, 5.41) is 7.71. The molecule has 140 valence electrons. The van der Waals surface area contributed by atoms with Crippen molar-refractivity contribution in [3.63, 3.8) is 0 Å². The van der Waals surface area contributed by atoms with Gasteiger partial charge in [-0.2, -0.15) is 5.10 Å². The molecule has 0 unspecified atom stereocenters. The van der Waals surface area contributed by atoms with Crippen LogP contribution in [0.4, 0.5) is 4.79 Å². The first-order valence-electron chi connectivity index (χ1n) is 10.0. The molecule has 1 aliphatic carbocycles. The molecule has 1 saturated heterocycles. The van der Waals surface area contributed by atoms with Gasteiger partial charge in [-0.3, -0.25) is 4.68 Å². The van der Waals surface area contributed by atoms with Crippen molar-refractivity contribution in [1.82, 2.24) is 20.0 Å². The minimum Gasteiger partial charge on any atom is -0.331 e. The predicted octanol–water partition coefficient (Wildman–Crippen LogP) is 4.24. The molecule has 0 aromatic carbocycles. The number of aromatic nitrogens is 2. The van der Waals surface area contributed by atoms with Gasteiger partial charge in [0, 0.05) is 30.9 Å². The Morgan fingerprint density at radius 2 is 1.92 bits per heavy atom. The molecule has 25 heavy (non-hydrogen) atoms. The SMILES string of the molecule is Cc1nn(C)c(C)c1[C@H](C)NC(=O)N1CCC[C@H]1CC1CCCCC1. The van der Waals surface area contributed by atoms with E-state index in [2.05, 4.69) is 29.2 Å². The lowest BCUT2D eigenvalue weighted by atomic mass is 9.84. The van der Waals surface area contributed by atoms with Gasteiger partial charge in [0.25, 0.3) is 0 Å². The topological polar surface area (TPSA) is 50.2 Å². The molecule has 5 heteroatoms. The Kier molecular flexibility index (Phi) is 5.70. The van der Waals surface area contributed by atoms with Crippen LogP contribution in [-0.2, 0) is 7.05 Å². The number of likely N-dealkylation sites (tertiary alicyclic amines) is 1. The van der Waals surface area contributed by atoms with Gasteiger partial charge in [-0.1, -0.05) is 32.1 Å². The highest BCUT2D eigenvalue weighted by Crippen LogP contribution is 2.32. The van der Waals surface area contributed by atoms with Gasteiger partial charge in [-0.15, -0.1) is 0 Å². The van der Waals surface area contributed by atoms with Crippen LogP contribution in [0.25, 0.3) is 0 Å². The van der Waals surface area contributed by atoms with Crippen molar-refractivity contribution < 1.29 is 4.79 Å². The third kappa shape index (κ3) is 4.01. The summed E-state index contributed by atoms with van der Waals surface area (Å²) >= 11 is 0. The Labute approximate surface area is 152 Å². The number of rotatable bonds is 4. The first kappa shape index (κ1) is 18.3. The van der Waals surface area contributed by atoms with Crippen LogP contribution in [0.5, 0.6) is 0 Å². The third-order valence-electron chi connectivity index (χ3n) is 6.31. The maximum Gasteiger partial charge on any atom is 0.318 e. The second kappa shape index (κ2) is 7.79. The largest absolute Gasteiger partial charge is 0.331 e. The van der Waals surface area contributed by atoms with Crippen molar-refractivity contribution in [3.8, 4) is 0 Å². The van der Waals surface area contributed by atoms with Crippen LogP contribution in [0, 0.1) is 19.8 Å². The predicted molar refractivity (Wildman–Crippen MR) is 101 cm³/mol. The zero-order valence-electron chi connectivity index (χ0n) is 16.3. The zero-order chi connectivity index (χ0) is 18.0. The van der Waals surface area contributed by atoms with E-state index >= 15 is 0 Å². The molecule has 2 aliphatic rings. The minimum absolute atomic E-state index is 0.00266. The number of carbonyl (C=O) groups is 1. The number of nitrogens with zero attached hydrogens (tertiary/aromatic N) is 3. The average Bonchev–Trinajstić information content (AvgIpc) is 3.13. The fraction of sp³-hybridized carbons (Fsp3) is 0.800. The Balaban J connectivity index is 1.61. The van der Waals surface area contributed by atoms with E-state index in [4.69, 9.17) is 0 Å². The van der Waals surface area contributed by atoms with Crippen molar-refractivity contribution >= 4 is 6.03 Å². The van der Waals surface area contributed by atoms with E-state index in [1.54, 1.807) is 0 Å². The van der Waals surface area contributed by atoms with Gasteiger partial charge in [-0.25, -0.2) is 4.79 Å². The number of aryl methyl sites for hydroxylation is 2. The molecule has 1 aromatic rings. The summed E-state index contributed by atoms with van der Waals surface area (Å²) in [4.78, 5) is 15.0. The van der Waals surface area contributed by atoms with E-state index in [9.17, 15) is 4.79 Å². The molecule has 1 aromatic heterocycles. The summed E-state index contributed by atoms with van der Waals surface area (Å²) < 4.78 is 1.90. The average molecular weight is 347 g/mol. The Morgan fingerprint density at radius 1 is 1.20 bits per heavy atom. The van der Waals surface area contributed by atoms with E-state index < -0.39 is 0 Å².